The van der Waals surface area contributed by atoms with Crippen LogP contribution in [0.1, 0.15) is 69.1 Å². The maximum absolute atomic E-state index is 12.3. The van der Waals surface area contributed by atoms with Gasteiger partial charge in [-0.1, -0.05) is 26.2 Å². The monoisotopic (exact) mass is 342 g/mol. The van der Waals surface area contributed by atoms with Crippen molar-refractivity contribution in [1.82, 2.24) is 0 Å². The molecule has 1 aromatic carbocycles. The fraction of sp³-hybridized carbons (Fsp3) is 0.524. The largest absolute Gasteiger partial charge is 0.426 e. The third-order valence-electron chi connectivity index (χ3n) is 4.96. The van der Waals surface area contributed by atoms with E-state index in [1.807, 2.05) is 0 Å². The summed E-state index contributed by atoms with van der Waals surface area (Å²) in [5.74, 6) is 0.171. The zero-order valence-electron chi connectivity index (χ0n) is 15.2. The lowest BCUT2D eigenvalue weighted by molar-refractivity contribution is -0.131. The topological polar surface area (TPSA) is 56.5 Å². The summed E-state index contributed by atoms with van der Waals surface area (Å²) < 4.78 is 10.9. The second kappa shape index (κ2) is 7.85. The third kappa shape index (κ3) is 3.94. The average Bonchev–Trinajstić information content (AvgIpc) is 2.59. The molecule has 0 saturated heterocycles. The van der Waals surface area contributed by atoms with E-state index in [4.69, 9.17) is 9.15 Å². The molecule has 4 nitrogen and oxygen atoms in total. The smallest absolute Gasteiger partial charge is 0.339 e. The number of carbonyl (C=O) groups is 1. The van der Waals surface area contributed by atoms with Crippen molar-refractivity contribution in [3.05, 3.63) is 39.2 Å². The first-order chi connectivity index (χ1) is 12.1. The SMILES string of the molecule is CCCCCCc1cc2c3c(c(=O)oc2cc1OC(C)=O)CCCC3. The van der Waals surface area contributed by atoms with Crippen molar-refractivity contribution in [1.29, 1.82) is 0 Å². The van der Waals surface area contributed by atoms with Gasteiger partial charge in [-0.2, -0.15) is 0 Å². The summed E-state index contributed by atoms with van der Waals surface area (Å²) in [5.41, 5.74) is 3.27. The van der Waals surface area contributed by atoms with Crippen molar-refractivity contribution in [3.8, 4) is 5.75 Å². The average molecular weight is 342 g/mol. The molecule has 0 bridgehead atoms. The number of benzene rings is 1. The van der Waals surface area contributed by atoms with Crippen LogP contribution in [-0.4, -0.2) is 5.97 Å². The van der Waals surface area contributed by atoms with E-state index >= 15 is 0 Å². The summed E-state index contributed by atoms with van der Waals surface area (Å²) in [4.78, 5) is 23.7. The molecule has 1 aliphatic carbocycles. The van der Waals surface area contributed by atoms with E-state index in [0.717, 1.165) is 67.0 Å². The Hall–Kier alpha value is -2.10. The van der Waals surface area contributed by atoms with Gasteiger partial charge in [0.2, 0.25) is 0 Å². The molecule has 1 aliphatic rings. The van der Waals surface area contributed by atoms with Crippen molar-refractivity contribution in [2.24, 2.45) is 0 Å². The van der Waals surface area contributed by atoms with Gasteiger partial charge in [-0.15, -0.1) is 0 Å². The van der Waals surface area contributed by atoms with E-state index in [1.165, 1.54) is 19.8 Å². The van der Waals surface area contributed by atoms with E-state index in [0.29, 0.717) is 11.3 Å². The van der Waals surface area contributed by atoms with Gasteiger partial charge >= 0.3 is 11.6 Å². The van der Waals surface area contributed by atoms with E-state index < -0.39 is 0 Å². The van der Waals surface area contributed by atoms with Gasteiger partial charge in [0, 0.05) is 23.9 Å². The van der Waals surface area contributed by atoms with Crippen molar-refractivity contribution >= 4 is 16.9 Å². The lowest BCUT2D eigenvalue weighted by Gasteiger charge is -2.18. The fourth-order valence-electron chi connectivity index (χ4n) is 3.70. The highest BCUT2D eigenvalue weighted by Gasteiger charge is 2.20. The van der Waals surface area contributed by atoms with Crippen molar-refractivity contribution in [2.45, 2.75) is 71.6 Å². The van der Waals surface area contributed by atoms with Crippen LogP contribution < -0.4 is 10.4 Å². The van der Waals surface area contributed by atoms with Crippen LogP contribution in [0.5, 0.6) is 5.75 Å². The van der Waals surface area contributed by atoms with Crippen LogP contribution in [0, 0.1) is 0 Å². The Kier molecular flexibility index (Phi) is 5.57. The number of hydrogen-bond donors (Lipinski definition) is 0. The zero-order chi connectivity index (χ0) is 17.8. The van der Waals surface area contributed by atoms with Gasteiger partial charge in [0.05, 0.1) is 0 Å². The van der Waals surface area contributed by atoms with Crippen LogP contribution in [0.15, 0.2) is 21.3 Å². The second-order valence-electron chi connectivity index (χ2n) is 6.91. The van der Waals surface area contributed by atoms with Gasteiger partial charge in [0.25, 0.3) is 0 Å². The van der Waals surface area contributed by atoms with E-state index in [1.54, 1.807) is 6.07 Å². The molecule has 1 aromatic heterocycles. The first kappa shape index (κ1) is 17.7. The predicted molar refractivity (Wildman–Crippen MR) is 98.3 cm³/mol. The number of aryl methyl sites for hydroxylation is 2. The maximum atomic E-state index is 12.3. The Bertz CT molecular complexity index is 832. The molecule has 0 N–H and O–H groups in total. The summed E-state index contributed by atoms with van der Waals surface area (Å²) in [7, 11) is 0. The van der Waals surface area contributed by atoms with Gasteiger partial charge in [-0.25, -0.2) is 4.79 Å². The number of rotatable bonds is 6. The van der Waals surface area contributed by atoms with Crippen LogP contribution in [-0.2, 0) is 24.1 Å². The lowest BCUT2D eigenvalue weighted by atomic mass is 9.89. The van der Waals surface area contributed by atoms with Crippen LogP contribution in [0.25, 0.3) is 11.0 Å². The molecule has 0 fully saturated rings. The van der Waals surface area contributed by atoms with Crippen LogP contribution in [0.2, 0.25) is 0 Å². The molecule has 1 heterocycles. The number of esters is 1. The number of fused-ring (bicyclic) bond motifs is 3. The molecule has 0 amide bonds. The van der Waals surface area contributed by atoms with Crippen LogP contribution in [0.3, 0.4) is 0 Å². The number of unbranched alkanes of at least 4 members (excludes halogenated alkanes) is 3. The summed E-state index contributed by atoms with van der Waals surface area (Å²) in [6, 6.07) is 3.80. The standard InChI is InChI=1S/C21H26O4/c1-3-4-5-6-9-15-12-18-16-10-7-8-11-17(16)21(23)25-20(18)13-19(15)24-14(2)22/h12-13H,3-11H2,1-2H3. The molecular weight excluding hydrogens is 316 g/mol. The fourth-order valence-corrected chi connectivity index (χ4v) is 3.70. The highest BCUT2D eigenvalue weighted by atomic mass is 16.5. The zero-order valence-corrected chi connectivity index (χ0v) is 15.2. The molecule has 3 rings (SSSR count). The minimum absolute atomic E-state index is 0.244. The molecule has 0 radical (unpaired) electrons. The summed E-state index contributed by atoms with van der Waals surface area (Å²) in [6.07, 6.45) is 9.34. The molecule has 4 heteroatoms. The molecule has 0 aliphatic heterocycles. The van der Waals surface area contributed by atoms with Gasteiger partial charge < -0.3 is 9.15 Å². The third-order valence-corrected chi connectivity index (χ3v) is 4.96. The molecule has 2 aromatic rings. The normalized spacial score (nSPS) is 13.7. The Morgan fingerprint density at radius 1 is 1.12 bits per heavy atom. The van der Waals surface area contributed by atoms with Gasteiger partial charge in [0.1, 0.15) is 11.3 Å². The van der Waals surface area contributed by atoms with Gasteiger partial charge in [0.15, 0.2) is 0 Å². The molecule has 25 heavy (non-hydrogen) atoms. The summed E-state index contributed by atoms with van der Waals surface area (Å²) in [5, 5.41) is 1.01. The highest BCUT2D eigenvalue weighted by molar-refractivity contribution is 5.85. The van der Waals surface area contributed by atoms with Crippen molar-refractivity contribution < 1.29 is 13.9 Å². The Morgan fingerprint density at radius 3 is 2.60 bits per heavy atom. The van der Waals surface area contributed by atoms with Crippen LogP contribution in [0.4, 0.5) is 0 Å². The Labute approximate surface area is 148 Å². The van der Waals surface area contributed by atoms with E-state index in [9.17, 15) is 9.59 Å². The second-order valence-corrected chi connectivity index (χ2v) is 6.91. The molecule has 0 atom stereocenters. The number of carbonyl (C=O) groups excluding carboxylic acids is 1. The predicted octanol–water partition coefficient (Wildman–Crippen LogP) is 4.72. The number of hydrogen-bond acceptors (Lipinski definition) is 4. The van der Waals surface area contributed by atoms with Crippen molar-refractivity contribution in [2.75, 3.05) is 0 Å². The van der Waals surface area contributed by atoms with E-state index in [-0.39, 0.29) is 11.6 Å². The van der Waals surface area contributed by atoms with Crippen LogP contribution >= 0.6 is 0 Å². The lowest BCUT2D eigenvalue weighted by Crippen LogP contribution is -2.16. The minimum Gasteiger partial charge on any atom is -0.426 e. The molecular formula is C21H26O4. The molecule has 0 spiro atoms. The highest BCUT2D eigenvalue weighted by Crippen LogP contribution is 2.32. The van der Waals surface area contributed by atoms with Crippen molar-refractivity contribution in [3.63, 3.8) is 0 Å². The quantitative estimate of drug-likeness (QED) is 0.330. The first-order valence-electron chi connectivity index (χ1n) is 9.40. The first-order valence-corrected chi connectivity index (χ1v) is 9.40. The Morgan fingerprint density at radius 2 is 1.88 bits per heavy atom. The maximum Gasteiger partial charge on any atom is 0.339 e. The summed E-state index contributed by atoms with van der Waals surface area (Å²) >= 11 is 0. The Balaban J connectivity index is 2.06. The molecule has 0 unspecified atom stereocenters. The molecule has 134 valence electrons. The number of ether oxygens (including phenoxy) is 1. The summed E-state index contributed by atoms with van der Waals surface area (Å²) in [6.45, 7) is 3.59. The van der Waals surface area contributed by atoms with E-state index in [2.05, 4.69) is 13.0 Å². The van der Waals surface area contributed by atoms with Gasteiger partial charge in [-0.3, -0.25) is 4.79 Å². The minimum atomic E-state index is -0.352. The molecule has 0 saturated carbocycles. The van der Waals surface area contributed by atoms with Gasteiger partial charge in [-0.05, 0) is 55.7 Å².